The highest BCUT2D eigenvalue weighted by Crippen LogP contribution is 2.37. The summed E-state index contributed by atoms with van der Waals surface area (Å²) >= 11 is 9.61. The van der Waals surface area contributed by atoms with E-state index in [4.69, 9.17) is 16.0 Å². The Balaban J connectivity index is 2.12. The Kier molecular flexibility index (Phi) is 6.21. The molecule has 0 aliphatic heterocycles. The molecule has 3 rings (SSSR count). The first-order valence-corrected chi connectivity index (χ1v) is 12.0. The van der Waals surface area contributed by atoms with E-state index in [2.05, 4.69) is 90.2 Å². The van der Waals surface area contributed by atoms with Gasteiger partial charge in [0.15, 0.2) is 0 Å². The highest BCUT2D eigenvalue weighted by atomic mass is 79.9. The fraction of sp³-hybridized carbons (Fsp3) is 0.227. The maximum atomic E-state index is 6.88. The summed E-state index contributed by atoms with van der Waals surface area (Å²) in [5, 5.41) is 3.06. The second-order valence-corrected chi connectivity index (χ2v) is 13.1. The van der Waals surface area contributed by atoms with Gasteiger partial charge in [-0.25, -0.2) is 0 Å². The lowest BCUT2D eigenvalue weighted by Crippen LogP contribution is -2.66. The van der Waals surface area contributed by atoms with Crippen molar-refractivity contribution in [1.29, 1.82) is 0 Å². The average molecular weight is 461 g/mol. The second-order valence-electron chi connectivity index (χ2n) is 7.53. The zero-order chi connectivity index (χ0) is 19.5. The number of benzene rings is 2. The van der Waals surface area contributed by atoms with Crippen molar-refractivity contribution in [3.8, 4) is 0 Å². The lowest BCUT2D eigenvalue weighted by atomic mass is 10.2. The van der Waals surface area contributed by atoms with Crippen molar-refractivity contribution >= 4 is 46.2 Å². The molecule has 1 heterocycles. The van der Waals surface area contributed by atoms with Gasteiger partial charge in [0, 0.05) is 10.7 Å². The van der Waals surface area contributed by atoms with Gasteiger partial charge in [0.1, 0.15) is 0 Å². The molecule has 0 aliphatic rings. The van der Waals surface area contributed by atoms with E-state index >= 15 is 0 Å². The van der Waals surface area contributed by atoms with Gasteiger partial charge < -0.3 is 4.43 Å². The molecule has 1 aromatic heterocycles. The molecule has 140 valence electrons. The maximum Gasteiger partial charge on any atom is 0.261 e. The van der Waals surface area contributed by atoms with Gasteiger partial charge in [-0.15, -0.1) is 0 Å². The molecule has 2 aromatic carbocycles. The first-order valence-electron chi connectivity index (χ1n) is 8.89. The predicted octanol–water partition coefficient (Wildman–Crippen LogP) is 5.57. The van der Waals surface area contributed by atoms with Crippen molar-refractivity contribution in [2.24, 2.45) is 0 Å². The van der Waals surface area contributed by atoms with E-state index in [0.717, 1.165) is 10.2 Å². The van der Waals surface area contributed by atoms with Crippen LogP contribution in [0.25, 0.3) is 0 Å². The summed E-state index contributed by atoms with van der Waals surface area (Å²) in [6.07, 6.45) is 1.66. The molecule has 0 aliphatic carbocycles. The first-order chi connectivity index (χ1) is 12.8. The van der Waals surface area contributed by atoms with E-state index < -0.39 is 8.32 Å². The molecule has 0 fully saturated rings. The SMILES string of the molecule is CC(C)(C)[Si](OCc1ncc(Cl)cc1Br)(c1ccccc1)c1ccccc1. The van der Waals surface area contributed by atoms with Crippen LogP contribution in [0.15, 0.2) is 77.4 Å². The fourth-order valence-corrected chi connectivity index (χ4v) is 8.75. The van der Waals surface area contributed by atoms with Crippen molar-refractivity contribution in [2.75, 3.05) is 0 Å². The standard InChI is InChI=1S/C22H23BrClNOSi/c1-22(2,3)27(18-10-6-4-7-11-18,19-12-8-5-9-13-19)26-16-21-20(23)14-17(24)15-25-21/h4-15H,16H2,1-3H3. The van der Waals surface area contributed by atoms with Crippen molar-refractivity contribution in [2.45, 2.75) is 32.4 Å². The van der Waals surface area contributed by atoms with Gasteiger partial charge in [0.2, 0.25) is 0 Å². The summed E-state index contributed by atoms with van der Waals surface area (Å²) in [5.41, 5.74) is 0.854. The van der Waals surface area contributed by atoms with Crippen LogP contribution in [0, 0.1) is 0 Å². The normalized spacial score (nSPS) is 12.2. The Morgan fingerprint density at radius 2 is 1.48 bits per heavy atom. The van der Waals surface area contributed by atoms with Crippen LogP contribution in [0.5, 0.6) is 0 Å². The van der Waals surface area contributed by atoms with Crippen LogP contribution in [0.1, 0.15) is 26.5 Å². The summed E-state index contributed by atoms with van der Waals surface area (Å²) in [6.45, 7) is 7.22. The highest BCUT2D eigenvalue weighted by Gasteiger charge is 2.50. The third-order valence-corrected chi connectivity index (χ3v) is 10.6. The zero-order valence-electron chi connectivity index (χ0n) is 15.7. The lowest BCUT2D eigenvalue weighted by Gasteiger charge is -2.43. The van der Waals surface area contributed by atoms with Crippen molar-refractivity contribution in [1.82, 2.24) is 4.98 Å². The summed E-state index contributed by atoms with van der Waals surface area (Å²) in [6, 6.07) is 23.1. The van der Waals surface area contributed by atoms with Crippen molar-refractivity contribution < 1.29 is 4.43 Å². The topological polar surface area (TPSA) is 22.1 Å². The van der Waals surface area contributed by atoms with Gasteiger partial charge in [-0.1, -0.05) is 93.0 Å². The summed E-state index contributed by atoms with van der Waals surface area (Å²) in [4.78, 5) is 4.47. The van der Waals surface area contributed by atoms with E-state index in [1.807, 2.05) is 18.2 Å². The molecular weight excluding hydrogens is 438 g/mol. The van der Waals surface area contributed by atoms with Crippen LogP contribution in [-0.2, 0) is 11.0 Å². The van der Waals surface area contributed by atoms with E-state index in [9.17, 15) is 0 Å². The third-order valence-electron chi connectivity index (χ3n) is 4.73. The van der Waals surface area contributed by atoms with Crippen molar-refractivity contribution in [3.63, 3.8) is 0 Å². The van der Waals surface area contributed by atoms with E-state index in [1.165, 1.54) is 10.4 Å². The minimum atomic E-state index is -2.56. The highest BCUT2D eigenvalue weighted by molar-refractivity contribution is 9.10. The number of halogens is 2. The van der Waals surface area contributed by atoms with E-state index in [0.29, 0.717) is 11.6 Å². The minimum absolute atomic E-state index is 0.0609. The average Bonchev–Trinajstić information content (AvgIpc) is 2.64. The number of aromatic nitrogens is 1. The summed E-state index contributed by atoms with van der Waals surface area (Å²) < 4.78 is 7.74. The molecule has 3 aromatic rings. The van der Waals surface area contributed by atoms with Gasteiger partial charge >= 0.3 is 0 Å². The molecule has 2 nitrogen and oxygen atoms in total. The molecule has 0 unspecified atom stereocenters. The number of hydrogen-bond acceptors (Lipinski definition) is 2. The van der Waals surface area contributed by atoms with Crippen LogP contribution in [-0.4, -0.2) is 13.3 Å². The van der Waals surface area contributed by atoms with Crippen LogP contribution in [0.4, 0.5) is 0 Å². The quantitative estimate of drug-likeness (QED) is 0.464. The number of pyridine rings is 1. The van der Waals surface area contributed by atoms with Crippen LogP contribution in [0.3, 0.4) is 0 Å². The Morgan fingerprint density at radius 1 is 0.963 bits per heavy atom. The molecule has 27 heavy (non-hydrogen) atoms. The molecule has 0 bridgehead atoms. The Morgan fingerprint density at radius 3 is 1.93 bits per heavy atom. The molecule has 0 radical (unpaired) electrons. The van der Waals surface area contributed by atoms with E-state index in [-0.39, 0.29) is 5.04 Å². The molecule has 0 saturated heterocycles. The summed E-state index contributed by atoms with van der Waals surface area (Å²) in [7, 11) is -2.56. The Hall–Kier alpha value is -1.46. The van der Waals surface area contributed by atoms with Crippen LogP contribution < -0.4 is 10.4 Å². The minimum Gasteiger partial charge on any atom is -0.401 e. The van der Waals surface area contributed by atoms with Gasteiger partial charge in [0.25, 0.3) is 8.32 Å². The second kappa shape index (κ2) is 8.27. The Bertz CT molecular complexity index is 858. The number of nitrogens with zero attached hydrogens (tertiary/aromatic N) is 1. The molecule has 0 atom stereocenters. The van der Waals surface area contributed by atoms with Gasteiger partial charge in [-0.2, -0.15) is 0 Å². The first kappa shape index (κ1) is 20.3. The molecular formula is C22H23BrClNOSi. The molecule has 5 heteroatoms. The van der Waals surface area contributed by atoms with Crippen LogP contribution >= 0.6 is 27.5 Å². The molecule has 0 amide bonds. The maximum absolute atomic E-state index is 6.88. The van der Waals surface area contributed by atoms with Crippen molar-refractivity contribution in [3.05, 3.63) is 88.1 Å². The Labute approximate surface area is 175 Å². The molecule has 0 saturated carbocycles. The smallest absolute Gasteiger partial charge is 0.261 e. The number of rotatable bonds is 5. The van der Waals surface area contributed by atoms with Crippen LogP contribution in [0.2, 0.25) is 10.1 Å². The van der Waals surface area contributed by atoms with Gasteiger partial charge in [-0.3, -0.25) is 4.98 Å². The monoisotopic (exact) mass is 459 g/mol. The lowest BCUT2D eigenvalue weighted by molar-refractivity contribution is 0.281. The zero-order valence-corrected chi connectivity index (χ0v) is 19.1. The fourth-order valence-electron chi connectivity index (χ4n) is 3.49. The van der Waals surface area contributed by atoms with Gasteiger partial charge in [-0.05, 0) is 37.4 Å². The number of hydrogen-bond donors (Lipinski definition) is 0. The van der Waals surface area contributed by atoms with Gasteiger partial charge in [0.05, 0.1) is 17.3 Å². The molecule has 0 spiro atoms. The largest absolute Gasteiger partial charge is 0.401 e. The summed E-state index contributed by atoms with van der Waals surface area (Å²) in [5.74, 6) is 0. The molecule has 0 N–H and O–H groups in total. The van der Waals surface area contributed by atoms with E-state index in [1.54, 1.807) is 6.20 Å². The third kappa shape index (κ3) is 4.19. The predicted molar refractivity (Wildman–Crippen MR) is 119 cm³/mol.